The Hall–Kier alpha value is -1.88. The highest BCUT2D eigenvalue weighted by Gasteiger charge is 2.23. The summed E-state index contributed by atoms with van der Waals surface area (Å²) in [5, 5.41) is 0. The zero-order valence-corrected chi connectivity index (χ0v) is 12.6. The van der Waals surface area contributed by atoms with Gasteiger partial charge in [-0.15, -0.1) is 0 Å². The molecule has 3 heterocycles. The highest BCUT2D eigenvalue weighted by Crippen LogP contribution is 2.16. The van der Waals surface area contributed by atoms with Gasteiger partial charge in [0.15, 0.2) is 0 Å². The quantitative estimate of drug-likeness (QED) is 0.865. The summed E-state index contributed by atoms with van der Waals surface area (Å²) in [6.07, 6.45) is 4.79. The SMILES string of the molecule is CCN(C[C@@H]1CCOC1)C(=O)c1cn2ccc(C)cc2n1. The van der Waals surface area contributed by atoms with Crippen molar-refractivity contribution in [3.8, 4) is 0 Å². The average molecular weight is 287 g/mol. The second-order valence-electron chi connectivity index (χ2n) is 5.67. The summed E-state index contributed by atoms with van der Waals surface area (Å²) < 4.78 is 7.29. The van der Waals surface area contributed by atoms with Gasteiger partial charge in [-0.2, -0.15) is 0 Å². The lowest BCUT2D eigenvalue weighted by Crippen LogP contribution is -2.35. The Bertz CT molecular complexity index is 644. The maximum atomic E-state index is 12.6. The number of aromatic nitrogens is 2. The molecule has 5 nitrogen and oxygen atoms in total. The molecule has 2 aromatic rings. The number of pyridine rings is 1. The minimum absolute atomic E-state index is 0.00533. The molecule has 3 rings (SSSR count). The van der Waals surface area contributed by atoms with Crippen molar-refractivity contribution in [2.75, 3.05) is 26.3 Å². The molecular formula is C16H21N3O2. The lowest BCUT2D eigenvalue weighted by Gasteiger charge is -2.22. The molecule has 0 aromatic carbocycles. The number of nitrogens with zero attached hydrogens (tertiary/aromatic N) is 3. The van der Waals surface area contributed by atoms with Crippen molar-refractivity contribution in [1.82, 2.24) is 14.3 Å². The van der Waals surface area contributed by atoms with E-state index in [1.54, 1.807) is 0 Å². The molecule has 5 heteroatoms. The third-order valence-corrected chi connectivity index (χ3v) is 4.01. The van der Waals surface area contributed by atoms with Crippen LogP contribution < -0.4 is 0 Å². The average Bonchev–Trinajstić information content (AvgIpc) is 3.12. The second kappa shape index (κ2) is 5.85. The normalized spacial score (nSPS) is 18.3. The van der Waals surface area contributed by atoms with Crippen molar-refractivity contribution in [1.29, 1.82) is 0 Å². The predicted molar refractivity (Wildman–Crippen MR) is 80.4 cm³/mol. The minimum Gasteiger partial charge on any atom is -0.381 e. The van der Waals surface area contributed by atoms with Gasteiger partial charge in [-0.25, -0.2) is 4.98 Å². The van der Waals surface area contributed by atoms with Gasteiger partial charge in [-0.3, -0.25) is 4.79 Å². The van der Waals surface area contributed by atoms with Gasteiger partial charge in [0.1, 0.15) is 11.3 Å². The minimum atomic E-state index is 0.00533. The van der Waals surface area contributed by atoms with E-state index in [0.717, 1.165) is 37.4 Å². The van der Waals surface area contributed by atoms with Gasteiger partial charge in [-0.05, 0) is 38.0 Å². The first-order valence-corrected chi connectivity index (χ1v) is 7.49. The van der Waals surface area contributed by atoms with E-state index < -0.39 is 0 Å². The number of hydrogen-bond donors (Lipinski definition) is 0. The number of hydrogen-bond acceptors (Lipinski definition) is 3. The molecule has 0 saturated carbocycles. The molecule has 1 atom stereocenters. The highest BCUT2D eigenvalue weighted by molar-refractivity contribution is 5.92. The van der Waals surface area contributed by atoms with E-state index in [4.69, 9.17) is 4.74 Å². The monoisotopic (exact) mass is 287 g/mol. The molecule has 1 saturated heterocycles. The fraction of sp³-hybridized carbons (Fsp3) is 0.500. The topological polar surface area (TPSA) is 46.8 Å². The second-order valence-corrected chi connectivity index (χ2v) is 5.67. The first-order chi connectivity index (χ1) is 10.2. The Labute approximate surface area is 124 Å². The molecule has 21 heavy (non-hydrogen) atoms. The van der Waals surface area contributed by atoms with Crippen LogP contribution >= 0.6 is 0 Å². The van der Waals surface area contributed by atoms with Gasteiger partial charge in [0.25, 0.3) is 5.91 Å². The fourth-order valence-corrected chi connectivity index (χ4v) is 2.74. The smallest absolute Gasteiger partial charge is 0.274 e. The molecule has 0 radical (unpaired) electrons. The molecule has 1 aliphatic rings. The maximum absolute atomic E-state index is 12.6. The summed E-state index contributed by atoms with van der Waals surface area (Å²) in [6.45, 7) is 7.05. The van der Waals surface area contributed by atoms with Crippen molar-refractivity contribution < 1.29 is 9.53 Å². The summed E-state index contributed by atoms with van der Waals surface area (Å²) in [4.78, 5) is 19.0. The summed E-state index contributed by atoms with van der Waals surface area (Å²) >= 11 is 0. The van der Waals surface area contributed by atoms with Crippen LogP contribution in [0.1, 0.15) is 29.4 Å². The van der Waals surface area contributed by atoms with Crippen molar-refractivity contribution in [2.45, 2.75) is 20.3 Å². The van der Waals surface area contributed by atoms with Gasteiger partial charge >= 0.3 is 0 Å². The third-order valence-electron chi connectivity index (χ3n) is 4.01. The Morgan fingerprint density at radius 2 is 2.43 bits per heavy atom. The van der Waals surface area contributed by atoms with Crippen LogP contribution in [0.5, 0.6) is 0 Å². The van der Waals surface area contributed by atoms with Crippen LogP contribution in [-0.2, 0) is 4.74 Å². The van der Waals surface area contributed by atoms with Crippen molar-refractivity contribution in [3.63, 3.8) is 0 Å². The Morgan fingerprint density at radius 1 is 1.57 bits per heavy atom. The van der Waals surface area contributed by atoms with Crippen LogP contribution in [-0.4, -0.2) is 46.5 Å². The molecule has 1 aliphatic heterocycles. The lowest BCUT2D eigenvalue weighted by molar-refractivity contribution is 0.0725. The summed E-state index contributed by atoms with van der Waals surface area (Å²) in [7, 11) is 0. The van der Waals surface area contributed by atoms with Gasteiger partial charge in [0.05, 0.1) is 6.61 Å². The Kier molecular flexibility index (Phi) is 3.92. The molecule has 1 fully saturated rings. The maximum Gasteiger partial charge on any atom is 0.274 e. The largest absolute Gasteiger partial charge is 0.381 e. The van der Waals surface area contributed by atoms with E-state index in [-0.39, 0.29) is 5.91 Å². The molecule has 0 aliphatic carbocycles. The van der Waals surface area contributed by atoms with E-state index in [2.05, 4.69) is 4.98 Å². The van der Waals surface area contributed by atoms with Crippen molar-refractivity contribution >= 4 is 11.6 Å². The van der Waals surface area contributed by atoms with Gasteiger partial charge in [0, 0.05) is 38.0 Å². The Morgan fingerprint density at radius 3 is 3.14 bits per heavy atom. The molecule has 1 amide bonds. The Balaban J connectivity index is 1.80. The van der Waals surface area contributed by atoms with E-state index in [1.165, 1.54) is 0 Å². The number of carbonyl (C=O) groups is 1. The first-order valence-electron chi connectivity index (χ1n) is 7.49. The number of imidazole rings is 1. The van der Waals surface area contributed by atoms with Gasteiger partial charge in [0.2, 0.25) is 0 Å². The van der Waals surface area contributed by atoms with Crippen molar-refractivity contribution in [3.05, 3.63) is 35.8 Å². The number of rotatable bonds is 4. The summed E-state index contributed by atoms with van der Waals surface area (Å²) in [5.74, 6) is 0.457. The third kappa shape index (κ3) is 2.93. The standard InChI is InChI=1S/C16H21N3O2/c1-3-18(9-13-5-7-21-11-13)16(20)14-10-19-6-4-12(2)8-15(19)17-14/h4,6,8,10,13H,3,5,7,9,11H2,1-2H3/t13-/m0/s1. The predicted octanol–water partition coefficient (Wildman–Crippen LogP) is 2.14. The molecule has 0 bridgehead atoms. The molecule has 0 N–H and O–H groups in total. The number of ether oxygens (including phenoxy) is 1. The zero-order valence-electron chi connectivity index (χ0n) is 12.6. The number of carbonyl (C=O) groups excluding carboxylic acids is 1. The summed E-state index contributed by atoms with van der Waals surface area (Å²) in [5.41, 5.74) is 2.47. The van der Waals surface area contributed by atoms with Gasteiger partial charge < -0.3 is 14.0 Å². The molecule has 112 valence electrons. The highest BCUT2D eigenvalue weighted by atomic mass is 16.5. The number of fused-ring (bicyclic) bond motifs is 1. The van der Waals surface area contributed by atoms with Gasteiger partial charge in [-0.1, -0.05) is 0 Å². The van der Waals surface area contributed by atoms with E-state index >= 15 is 0 Å². The summed E-state index contributed by atoms with van der Waals surface area (Å²) in [6, 6.07) is 3.99. The van der Waals surface area contributed by atoms with Crippen LogP contribution in [0.4, 0.5) is 0 Å². The zero-order chi connectivity index (χ0) is 14.8. The fourth-order valence-electron chi connectivity index (χ4n) is 2.74. The van der Waals surface area contributed by atoms with Crippen LogP contribution in [0.2, 0.25) is 0 Å². The van der Waals surface area contributed by atoms with Crippen molar-refractivity contribution in [2.24, 2.45) is 5.92 Å². The molecule has 0 spiro atoms. The van der Waals surface area contributed by atoms with E-state index in [9.17, 15) is 4.79 Å². The lowest BCUT2D eigenvalue weighted by atomic mass is 10.1. The van der Waals surface area contributed by atoms with Crippen LogP contribution in [0.15, 0.2) is 24.5 Å². The molecule has 0 unspecified atom stereocenters. The van der Waals surface area contributed by atoms with Crippen LogP contribution in [0.25, 0.3) is 5.65 Å². The van der Waals surface area contributed by atoms with Crippen LogP contribution in [0, 0.1) is 12.8 Å². The number of aryl methyl sites for hydroxylation is 1. The first kappa shape index (κ1) is 14.1. The van der Waals surface area contributed by atoms with Crippen LogP contribution in [0.3, 0.4) is 0 Å². The molecule has 2 aromatic heterocycles. The van der Waals surface area contributed by atoms with E-state index in [0.29, 0.717) is 18.2 Å². The van der Waals surface area contributed by atoms with E-state index in [1.807, 2.05) is 47.7 Å². The number of amides is 1. The molecular weight excluding hydrogens is 266 g/mol.